The lowest BCUT2D eigenvalue weighted by atomic mass is 10.0. The molecule has 0 aliphatic carbocycles. The standard InChI is InChI=1S/C21H18F2N2O2/c1-24-21(27)20(15-9-10-17(22)18(23)11-15)25-19(26)12-14-7-4-6-13-5-2-3-8-16(13)14/h2-11,20H,12H2,1H3,(H,24,27)(H,25,26). The van der Waals surface area contributed by atoms with Crippen LogP contribution < -0.4 is 10.6 Å². The average molecular weight is 368 g/mol. The molecule has 6 heteroatoms. The SMILES string of the molecule is CNC(=O)C(NC(=O)Cc1cccc2ccccc12)c1ccc(F)c(F)c1. The minimum absolute atomic E-state index is 0.0541. The van der Waals surface area contributed by atoms with Gasteiger partial charge in [0.15, 0.2) is 11.6 Å². The van der Waals surface area contributed by atoms with Crippen LogP contribution in [0, 0.1) is 11.6 Å². The van der Waals surface area contributed by atoms with Crippen molar-refractivity contribution in [2.24, 2.45) is 0 Å². The van der Waals surface area contributed by atoms with E-state index in [1.54, 1.807) is 0 Å². The summed E-state index contributed by atoms with van der Waals surface area (Å²) in [5, 5.41) is 6.98. The zero-order valence-electron chi connectivity index (χ0n) is 14.6. The van der Waals surface area contributed by atoms with E-state index in [1.165, 1.54) is 13.1 Å². The number of fused-ring (bicyclic) bond motifs is 1. The third kappa shape index (κ3) is 4.11. The normalized spacial score (nSPS) is 11.8. The van der Waals surface area contributed by atoms with E-state index in [-0.39, 0.29) is 12.0 Å². The van der Waals surface area contributed by atoms with E-state index in [0.717, 1.165) is 28.5 Å². The highest BCUT2D eigenvalue weighted by molar-refractivity contribution is 5.92. The molecule has 0 heterocycles. The Kier molecular flexibility index (Phi) is 5.45. The molecular weight excluding hydrogens is 350 g/mol. The number of nitrogens with one attached hydrogen (secondary N) is 2. The molecule has 0 aliphatic heterocycles. The molecule has 0 aliphatic rings. The minimum atomic E-state index is -1.12. The third-order valence-corrected chi connectivity index (χ3v) is 4.32. The number of rotatable bonds is 5. The minimum Gasteiger partial charge on any atom is -0.357 e. The summed E-state index contributed by atoms with van der Waals surface area (Å²) in [6.07, 6.45) is 0.0541. The summed E-state index contributed by atoms with van der Waals surface area (Å²) in [6, 6.07) is 15.3. The van der Waals surface area contributed by atoms with Crippen LogP contribution in [0.3, 0.4) is 0 Å². The van der Waals surface area contributed by atoms with Gasteiger partial charge < -0.3 is 10.6 Å². The Hall–Kier alpha value is -3.28. The van der Waals surface area contributed by atoms with E-state index < -0.39 is 29.5 Å². The van der Waals surface area contributed by atoms with Gasteiger partial charge in [-0.05, 0) is 34.0 Å². The van der Waals surface area contributed by atoms with Crippen LogP contribution >= 0.6 is 0 Å². The van der Waals surface area contributed by atoms with Gasteiger partial charge in [-0.1, -0.05) is 48.5 Å². The lowest BCUT2D eigenvalue weighted by molar-refractivity contribution is -0.128. The van der Waals surface area contributed by atoms with Crippen molar-refractivity contribution in [3.8, 4) is 0 Å². The lowest BCUT2D eigenvalue weighted by Gasteiger charge is -2.18. The Morgan fingerprint density at radius 2 is 1.70 bits per heavy atom. The summed E-state index contributed by atoms with van der Waals surface area (Å²) in [7, 11) is 1.41. The summed E-state index contributed by atoms with van der Waals surface area (Å²) in [4.78, 5) is 24.7. The first-order chi connectivity index (χ1) is 13.0. The smallest absolute Gasteiger partial charge is 0.246 e. The van der Waals surface area contributed by atoms with Gasteiger partial charge in [0.25, 0.3) is 0 Å². The Bertz CT molecular complexity index is 999. The van der Waals surface area contributed by atoms with Gasteiger partial charge in [0.2, 0.25) is 11.8 Å². The van der Waals surface area contributed by atoms with E-state index in [4.69, 9.17) is 0 Å². The van der Waals surface area contributed by atoms with Crippen molar-refractivity contribution >= 4 is 22.6 Å². The van der Waals surface area contributed by atoms with Crippen LogP contribution in [0.25, 0.3) is 10.8 Å². The molecule has 2 N–H and O–H groups in total. The molecule has 3 rings (SSSR count). The van der Waals surface area contributed by atoms with Crippen LogP contribution in [0.4, 0.5) is 8.78 Å². The summed E-state index contributed by atoms with van der Waals surface area (Å²) < 4.78 is 26.7. The van der Waals surface area contributed by atoms with Crippen molar-refractivity contribution in [3.05, 3.63) is 83.4 Å². The maximum Gasteiger partial charge on any atom is 0.246 e. The average Bonchev–Trinajstić information content (AvgIpc) is 2.68. The number of halogens is 2. The first-order valence-corrected chi connectivity index (χ1v) is 8.42. The maximum atomic E-state index is 13.5. The van der Waals surface area contributed by atoms with Crippen LogP contribution in [0.2, 0.25) is 0 Å². The van der Waals surface area contributed by atoms with E-state index in [9.17, 15) is 18.4 Å². The predicted octanol–water partition coefficient (Wildman–Crippen LogP) is 3.26. The van der Waals surface area contributed by atoms with E-state index in [0.29, 0.717) is 0 Å². The fourth-order valence-corrected chi connectivity index (χ4v) is 2.97. The highest BCUT2D eigenvalue weighted by Gasteiger charge is 2.23. The van der Waals surface area contributed by atoms with Gasteiger partial charge in [-0.3, -0.25) is 9.59 Å². The second kappa shape index (κ2) is 7.95. The van der Waals surface area contributed by atoms with E-state index in [2.05, 4.69) is 10.6 Å². The van der Waals surface area contributed by atoms with Gasteiger partial charge in [-0.15, -0.1) is 0 Å². The molecule has 27 heavy (non-hydrogen) atoms. The van der Waals surface area contributed by atoms with Gasteiger partial charge in [0.05, 0.1) is 6.42 Å². The van der Waals surface area contributed by atoms with Crippen molar-refractivity contribution in [1.29, 1.82) is 0 Å². The highest BCUT2D eigenvalue weighted by Crippen LogP contribution is 2.20. The fourth-order valence-electron chi connectivity index (χ4n) is 2.97. The number of carbonyl (C=O) groups is 2. The zero-order valence-corrected chi connectivity index (χ0v) is 14.6. The second-order valence-corrected chi connectivity index (χ2v) is 6.10. The molecule has 138 valence electrons. The zero-order chi connectivity index (χ0) is 19.4. The van der Waals surface area contributed by atoms with Crippen LogP contribution in [0.15, 0.2) is 60.7 Å². The maximum absolute atomic E-state index is 13.5. The second-order valence-electron chi connectivity index (χ2n) is 6.10. The van der Waals surface area contributed by atoms with Crippen molar-refractivity contribution in [2.45, 2.75) is 12.5 Å². The van der Waals surface area contributed by atoms with E-state index in [1.807, 2.05) is 42.5 Å². The summed E-state index contributed by atoms with van der Waals surface area (Å²) in [5.41, 5.74) is 0.978. The van der Waals surface area contributed by atoms with Crippen molar-refractivity contribution < 1.29 is 18.4 Å². The Balaban J connectivity index is 1.84. The lowest BCUT2D eigenvalue weighted by Crippen LogP contribution is -2.39. The molecule has 0 radical (unpaired) electrons. The number of carbonyl (C=O) groups excluding carboxylic acids is 2. The molecule has 1 atom stereocenters. The van der Waals surface area contributed by atoms with Gasteiger partial charge in [-0.2, -0.15) is 0 Å². The topological polar surface area (TPSA) is 58.2 Å². The molecule has 2 amide bonds. The number of benzene rings is 3. The Labute approximate surface area is 155 Å². The Morgan fingerprint density at radius 1 is 0.963 bits per heavy atom. The number of amides is 2. The molecule has 3 aromatic carbocycles. The fraction of sp³-hybridized carbons (Fsp3) is 0.143. The molecule has 0 spiro atoms. The molecule has 0 bridgehead atoms. The summed E-state index contributed by atoms with van der Waals surface area (Å²) >= 11 is 0. The first kappa shape index (κ1) is 18.5. The van der Waals surface area contributed by atoms with Gasteiger partial charge in [-0.25, -0.2) is 8.78 Å². The predicted molar refractivity (Wildman–Crippen MR) is 99.0 cm³/mol. The molecule has 0 aromatic heterocycles. The molecular formula is C21H18F2N2O2. The molecule has 1 unspecified atom stereocenters. The molecule has 0 saturated heterocycles. The van der Waals surface area contributed by atoms with Gasteiger partial charge in [0.1, 0.15) is 6.04 Å². The highest BCUT2D eigenvalue weighted by atomic mass is 19.2. The van der Waals surface area contributed by atoms with Crippen LogP contribution in [0.5, 0.6) is 0 Å². The molecule has 0 fully saturated rings. The quantitative estimate of drug-likeness (QED) is 0.726. The van der Waals surface area contributed by atoms with Crippen molar-refractivity contribution in [2.75, 3.05) is 7.05 Å². The van der Waals surface area contributed by atoms with E-state index >= 15 is 0 Å². The third-order valence-electron chi connectivity index (χ3n) is 4.32. The van der Waals surface area contributed by atoms with Crippen molar-refractivity contribution in [1.82, 2.24) is 10.6 Å². The number of hydrogen-bond donors (Lipinski definition) is 2. The van der Waals surface area contributed by atoms with Crippen molar-refractivity contribution in [3.63, 3.8) is 0 Å². The largest absolute Gasteiger partial charge is 0.357 e. The van der Waals surface area contributed by atoms with Crippen LogP contribution in [-0.4, -0.2) is 18.9 Å². The molecule has 3 aromatic rings. The summed E-state index contributed by atoms with van der Waals surface area (Å²) in [5.74, 6) is -3.02. The Morgan fingerprint density at radius 3 is 2.44 bits per heavy atom. The van der Waals surface area contributed by atoms with Crippen LogP contribution in [0.1, 0.15) is 17.2 Å². The molecule has 4 nitrogen and oxygen atoms in total. The number of hydrogen-bond acceptors (Lipinski definition) is 2. The summed E-state index contributed by atoms with van der Waals surface area (Å²) in [6.45, 7) is 0. The molecule has 0 saturated carbocycles. The number of likely N-dealkylation sites (N-methyl/N-ethyl adjacent to an activating group) is 1. The monoisotopic (exact) mass is 368 g/mol. The van der Waals surface area contributed by atoms with Gasteiger partial charge >= 0.3 is 0 Å². The van der Waals surface area contributed by atoms with Crippen LogP contribution in [-0.2, 0) is 16.0 Å². The first-order valence-electron chi connectivity index (χ1n) is 8.42. The van der Waals surface area contributed by atoms with Gasteiger partial charge in [0, 0.05) is 7.05 Å².